The van der Waals surface area contributed by atoms with Crippen LogP contribution >= 0.6 is 11.3 Å². The van der Waals surface area contributed by atoms with Gasteiger partial charge in [-0.2, -0.15) is 5.26 Å². The van der Waals surface area contributed by atoms with Gasteiger partial charge in [0.2, 0.25) is 0 Å². The van der Waals surface area contributed by atoms with Crippen molar-refractivity contribution >= 4 is 23.2 Å². The average Bonchev–Trinajstić information content (AvgIpc) is 3.39. The molecular weight excluding hydrogens is 486 g/mol. The molecule has 2 aliphatic rings. The minimum atomic E-state index is -1.85. The Morgan fingerprint density at radius 2 is 1.89 bits per heavy atom. The van der Waals surface area contributed by atoms with Gasteiger partial charge in [0, 0.05) is 24.5 Å². The third-order valence-corrected chi connectivity index (χ3v) is 8.38. The van der Waals surface area contributed by atoms with Gasteiger partial charge in [-0.15, -0.1) is 11.3 Å². The van der Waals surface area contributed by atoms with Crippen molar-refractivity contribution in [2.75, 3.05) is 19.6 Å². The number of aliphatic hydroxyl groups excluding tert-OH is 2. The van der Waals surface area contributed by atoms with Gasteiger partial charge in [0.15, 0.2) is 12.2 Å². The minimum absolute atomic E-state index is 0.0961. The van der Waals surface area contributed by atoms with E-state index >= 15 is 0 Å². The number of nitriles is 1. The zero-order valence-electron chi connectivity index (χ0n) is 20.8. The Hall–Kier alpha value is -3.25. The molecule has 1 aliphatic carbocycles. The Morgan fingerprint density at radius 1 is 1.14 bits per heavy atom. The van der Waals surface area contributed by atoms with Gasteiger partial charge in [0.25, 0.3) is 11.8 Å². The highest BCUT2D eigenvalue weighted by Gasteiger charge is 2.43. The van der Waals surface area contributed by atoms with E-state index < -0.39 is 29.4 Å². The summed E-state index contributed by atoms with van der Waals surface area (Å²) in [5, 5.41) is 35.3. The Bertz CT molecular complexity index is 1180. The van der Waals surface area contributed by atoms with Crippen molar-refractivity contribution < 1.29 is 19.8 Å². The fourth-order valence-corrected chi connectivity index (χ4v) is 5.94. The standard InChI is InChI=1S/C29H33N3O4S/c30-20-29(23-9-5-2-6-10-23)12-15-32(16-13-29)28(36)26(34)25(33)27(35)31-14-11-24-18-22(19-37-24)17-21-7-3-1-4-8-21/h1-9,18-19,23,25-26,33-34H,10-17H2,(H,31,35)/t23?,25-,26-/m1/s1. The second-order valence-electron chi connectivity index (χ2n) is 9.76. The first kappa shape index (κ1) is 26.8. The van der Waals surface area contributed by atoms with Gasteiger partial charge in [-0.05, 0) is 60.6 Å². The highest BCUT2D eigenvalue weighted by Crippen LogP contribution is 2.42. The van der Waals surface area contributed by atoms with Crippen molar-refractivity contribution in [3.63, 3.8) is 0 Å². The summed E-state index contributed by atoms with van der Waals surface area (Å²) < 4.78 is 0. The number of carbonyl (C=O) groups excluding carboxylic acids is 2. The number of piperidine rings is 1. The molecule has 2 amide bonds. The van der Waals surface area contributed by atoms with Crippen LogP contribution in [0.15, 0.2) is 66.1 Å². The molecule has 1 aromatic carbocycles. The summed E-state index contributed by atoms with van der Waals surface area (Å²) in [6.07, 6.45) is 7.51. The zero-order valence-corrected chi connectivity index (χ0v) is 21.6. The summed E-state index contributed by atoms with van der Waals surface area (Å²) >= 11 is 1.62. The van der Waals surface area contributed by atoms with Gasteiger partial charge in [-0.25, -0.2) is 0 Å². The number of carbonyl (C=O) groups is 2. The Balaban J connectivity index is 1.22. The molecule has 8 heteroatoms. The van der Waals surface area contributed by atoms with Gasteiger partial charge in [-0.1, -0.05) is 54.6 Å². The molecule has 37 heavy (non-hydrogen) atoms. The van der Waals surface area contributed by atoms with E-state index in [1.807, 2.05) is 42.5 Å². The summed E-state index contributed by atoms with van der Waals surface area (Å²) in [5.74, 6) is -1.36. The van der Waals surface area contributed by atoms with Gasteiger partial charge >= 0.3 is 0 Å². The van der Waals surface area contributed by atoms with E-state index in [9.17, 15) is 25.1 Å². The van der Waals surface area contributed by atoms with Crippen LogP contribution in [-0.2, 0) is 22.4 Å². The topological polar surface area (TPSA) is 114 Å². The maximum Gasteiger partial charge on any atom is 0.254 e. The molecule has 7 nitrogen and oxygen atoms in total. The van der Waals surface area contributed by atoms with Crippen molar-refractivity contribution in [3.8, 4) is 6.07 Å². The third kappa shape index (κ3) is 6.55. The number of hydrogen-bond acceptors (Lipinski definition) is 6. The second-order valence-corrected chi connectivity index (χ2v) is 10.8. The van der Waals surface area contributed by atoms with Crippen LogP contribution in [0.4, 0.5) is 0 Å². The number of amides is 2. The van der Waals surface area contributed by atoms with Gasteiger partial charge in [0.1, 0.15) is 0 Å². The summed E-state index contributed by atoms with van der Waals surface area (Å²) in [5.41, 5.74) is 1.88. The number of benzene rings is 1. The molecule has 1 saturated heterocycles. The van der Waals surface area contributed by atoms with Crippen molar-refractivity contribution in [3.05, 3.63) is 82.1 Å². The normalized spacial score (nSPS) is 20.1. The zero-order chi connectivity index (χ0) is 26.3. The molecule has 1 aliphatic heterocycles. The highest BCUT2D eigenvalue weighted by molar-refractivity contribution is 7.10. The SMILES string of the molecule is N#CC1(C2C=CC=CC2)CCN(C(=O)[C@H](O)[C@@H](O)C(=O)NCCc2cc(Cc3ccccc3)cs2)CC1. The number of thiophene rings is 1. The molecule has 0 bridgehead atoms. The van der Waals surface area contributed by atoms with E-state index in [4.69, 9.17) is 0 Å². The van der Waals surface area contributed by atoms with Crippen LogP contribution in [-0.4, -0.2) is 58.8 Å². The third-order valence-electron chi connectivity index (χ3n) is 7.33. The van der Waals surface area contributed by atoms with Crippen molar-refractivity contribution in [2.45, 2.75) is 44.3 Å². The molecular formula is C29H33N3O4S. The second kappa shape index (κ2) is 12.3. The van der Waals surface area contributed by atoms with E-state index in [0.717, 1.165) is 17.7 Å². The number of aliphatic hydroxyl groups is 2. The monoisotopic (exact) mass is 519 g/mol. The highest BCUT2D eigenvalue weighted by atomic mass is 32.1. The first-order valence-corrected chi connectivity index (χ1v) is 13.6. The number of nitrogens with zero attached hydrogens (tertiary/aromatic N) is 2. The smallest absolute Gasteiger partial charge is 0.254 e. The minimum Gasteiger partial charge on any atom is -0.380 e. The number of nitrogens with one attached hydrogen (secondary N) is 1. The largest absolute Gasteiger partial charge is 0.380 e. The van der Waals surface area contributed by atoms with Crippen LogP contribution in [0.2, 0.25) is 0 Å². The molecule has 0 saturated carbocycles. The molecule has 4 rings (SSSR count). The predicted octanol–water partition coefficient (Wildman–Crippen LogP) is 2.98. The Kier molecular flexibility index (Phi) is 8.93. The lowest BCUT2D eigenvalue weighted by molar-refractivity contribution is -0.154. The van der Waals surface area contributed by atoms with E-state index in [1.165, 1.54) is 16.0 Å². The molecule has 0 spiro atoms. The van der Waals surface area contributed by atoms with Gasteiger partial charge < -0.3 is 20.4 Å². The number of hydrogen-bond donors (Lipinski definition) is 3. The summed E-state index contributed by atoms with van der Waals surface area (Å²) in [4.78, 5) is 27.8. The summed E-state index contributed by atoms with van der Waals surface area (Å²) in [7, 11) is 0. The van der Waals surface area contributed by atoms with Crippen LogP contribution in [0.3, 0.4) is 0 Å². The maximum atomic E-state index is 12.8. The Labute approximate surface area is 221 Å². The van der Waals surface area contributed by atoms with Crippen molar-refractivity contribution in [1.82, 2.24) is 10.2 Å². The molecule has 3 atom stereocenters. The lowest BCUT2D eigenvalue weighted by Crippen LogP contribution is -2.54. The molecule has 1 fully saturated rings. The fourth-order valence-electron chi connectivity index (χ4n) is 5.04. The van der Waals surface area contributed by atoms with Crippen LogP contribution in [0.25, 0.3) is 0 Å². The predicted molar refractivity (Wildman–Crippen MR) is 143 cm³/mol. The van der Waals surface area contributed by atoms with E-state index in [0.29, 0.717) is 38.9 Å². The fraction of sp³-hybridized carbons (Fsp3) is 0.414. The quantitative estimate of drug-likeness (QED) is 0.471. The van der Waals surface area contributed by atoms with Gasteiger partial charge in [-0.3, -0.25) is 9.59 Å². The van der Waals surface area contributed by atoms with Crippen LogP contribution in [0.5, 0.6) is 0 Å². The number of allylic oxidation sites excluding steroid dienone is 4. The lowest BCUT2D eigenvalue weighted by Gasteiger charge is -2.42. The van der Waals surface area contributed by atoms with Crippen LogP contribution in [0, 0.1) is 22.7 Å². The van der Waals surface area contributed by atoms with Crippen LogP contribution in [0.1, 0.15) is 35.3 Å². The van der Waals surface area contributed by atoms with Crippen LogP contribution < -0.4 is 5.32 Å². The number of likely N-dealkylation sites (tertiary alicyclic amines) is 1. The van der Waals surface area contributed by atoms with Crippen molar-refractivity contribution in [1.29, 1.82) is 5.26 Å². The lowest BCUT2D eigenvalue weighted by atomic mass is 9.67. The molecule has 194 valence electrons. The number of rotatable bonds is 9. The molecule has 2 heterocycles. The first-order chi connectivity index (χ1) is 17.9. The maximum absolute atomic E-state index is 12.8. The van der Waals surface area contributed by atoms with Gasteiger partial charge in [0.05, 0.1) is 11.5 Å². The molecule has 3 N–H and O–H groups in total. The molecule has 1 aromatic heterocycles. The Morgan fingerprint density at radius 3 is 2.57 bits per heavy atom. The molecule has 2 aromatic rings. The van der Waals surface area contributed by atoms with E-state index in [2.05, 4.69) is 35.0 Å². The van der Waals surface area contributed by atoms with E-state index in [-0.39, 0.29) is 5.92 Å². The van der Waals surface area contributed by atoms with E-state index in [1.54, 1.807) is 11.3 Å². The van der Waals surface area contributed by atoms with Crippen molar-refractivity contribution in [2.24, 2.45) is 11.3 Å². The average molecular weight is 520 g/mol. The summed E-state index contributed by atoms with van der Waals surface area (Å²) in [6, 6.07) is 14.8. The molecule has 1 unspecified atom stereocenters. The summed E-state index contributed by atoms with van der Waals surface area (Å²) in [6.45, 7) is 0.894. The first-order valence-electron chi connectivity index (χ1n) is 12.7. The molecule has 0 radical (unpaired) electrons.